The summed E-state index contributed by atoms with van der Waals surface area (Å²) in [6.07, 6.45) is 1.99. The highest BCUT2D eigenvalue weighted by atomic mass is 16.5. The number of benzene rings is 2. The fraction of sp³-hybridized carbons (Fsp3) is 0.316. The van der Waals surface area contributed by atoms with Gasteiger partial charge in [0, 0.05) is 12.6 Å². The van der Waals surface area contributed by atoms with Crippen LogP contribution in [0.1, 0.15) is 33.9 Å². The van der Waals surface area contributed by atoms with Gasteiger partial charge in [-0.15, -0.1) is 0 Å². The quantitative estimate of drug-likeness (QED) is 0.868. The third kappa shape index (κ3) is 2.77. The van der Waals surface area contributed by atoms with Gasteiger partial charge in [0.1, 0.15) is 0 Å². The smallest absolute Gasteiger partial charge is 0.254 e. The number of rotatable bonds is 4. The number of carbonyl (C=O) groups is 1. The zero-order valence-corrected chi connectivity index (χ0v) is 13.7. The first kappa shape index (κ1) is 15.4. The molecule has 4 heteroatoms. The molecule has 0 saturated heterocycles. The molecule has 0 radical (unpaired) electrons. The van der Waals surface area contributed by atoms with Crippen LogP contribution >= 0.6 is 0 Å². The normalized spacial score (nSPS) is 15.9. The number of hydrogen-bond donors (Lipinski definition) is 0. The maximum atomic E-state index is 12.8. The molecule has 0 spiro atoms. The third-order valence-electron chi connectivity index (χ3n) is 4.52. The molecule has 0 aliphatic heterocycles. The predicted molar refractivity (Wildman–Crippen MR) is 89.1 cm³/mol. The van der Waals surface area contributed by atoms with Gasteiger partial charge in [-0.05, 0) is 42.2 Å². The van der Waals surface area contributed by atoms with Gasteiger partial charge >= 0.3 is 0 Å². The fourth-order valence-electron chi connectivity index (χ4n) is 3.25. The lowest BCUT2D eigenvalue weighted by atomic mass is 10.1. The zero-order chi connectivity index (χ0) is 16.4. The number of ether oxygens (including phenoxy) is 2. The Kier molecular flexibility index (Phi) is 4.24. The Morgan fingerprint density at radius 2 is 1.83 bits per heavy atom. The molecule has 0 bridgehead atoms. The van der Waals surface area contributed by atoms with Gasteiger partial charge in [0.15, 0.2) is 11.5 Å². The van der Waals surface area contributed by atoms with Crippen LogP contribution in [0.25, 0.3) is 0 Å². The molecule has 2 aromatic carbocycles. The van der Waals surface area contributed by atoms with Crippen LogP contribution in [0.5, 0.6) is 11.5 Å². The van der Waals surface area contributed by atoms with E-state index in [1.807, 2.05) is 18.0 Å². The lowest BCUT2D eigenvalue weighted by Crippen LogP contribution is -2.30. The van der Waals surface area contributed by atoms with E-state index in [1.54, 1.807) is 32.4 Å². The van der Waals surface area contributed by atoms with Crippen molar-refractivity contribution in [3.63, 3.8) is 0 Å². The van der Waals surface area contributed by atoms with Crippen molar-refractivity contribution < 1.29 is 14.3 Å². The Balaban J connectivity index is 1.86. The van der Waals surface area contributed by atoms with Crippen molar-refractivity contribution in [3.05, 3.63) is 59.2 Å². The summed E-state index contributed by atoms with van der Waals surface area (Å²) in [5, 5.41) is 0. The second-order valence-corrected chi connectivity index (χ2v) is 5.74. The number of methoxy groups -OCH3 is 2. The van der Waals surface area contributed by atoms with Gasteiger partial charge in [-0.25, -0.2) is 0 Å². The number of aryl methyl sites for hydroxylation is 1. The number of amides is 1. The molecule has 1 aliphatic rings. The van der Waals surface area contributed by atoms with E-state index in [0.717, 1.165) is 12.8 Å². The highest BCUT2D eigenvalue weighted by molar-refractivity contribution is 5.95. The SMILES string of the molecule is COc1ccc(C(=O)N(C)[C@@H]2CCc3ccccc32)cc1OC. The van der Waals surface area contributed by atoms with Crippen molar-refractivity contribution in [1.82, 2.24) is 4.90 Å². The average molecular weight is 311 g/mol. The van der Waals surface area contributed by atoms with Gasteiger partial charge in [-0.1, -0.05) is 24.3 Å². The summed E-state index contributed by atoms with van der Waals surface area (Å²) < 4.78 is 10.5. The molecule has 0 unspecified atom stereocenters. The van der Waals surface area contributed by atoms with Gasteiger partial charge in [-0.2, -0.15) is 0 Å². The predicted octanol–water partition coefficient (Wildman–Crippen LogP) is 3.46. The molecule has 0 N–H and O–H groups in total. The Labute approximate surface area is 136 Å². The van der Waals surface area contributed by atoms with E-state index in [0.29, 0.717) is 17.1 Å². The number of fused-ring (bicyclic) bond motifs is 1. The zero-order valence-electron chi connectivity index (χ0n) is 13.7. The van der Waals surface area contributed by atoms with Crippen LogP contribution in [0.4, 0.5) is 0 Å². The second kappa shape index (κ2) is 6.32. The van der Waals surface area contributed by atoms with Gasteiger partial charge < -0.3 is 14.4 Å². The second-order valence-electron chi connectivity index (χ2n) is 5.74. The highest BCUT2D eigenvalue weighted by Gasteiger charge is 2.29. The maximum absolute atomic E-state index is 12.8. The highest BCUT2D eigenvalue weighted by Crippen LogP contribution is 2.36. The molecule has 1 amide bonds. The summed E-state index contributed by atoms with van der Waals surface area (Å²) in [6, 6.07) is 13.8. The summed E-state index contributed by atoms with van der Waals surface area (Å²) in [7, 11) is 5.02. The monoisotopic (exact) mass is 311 g/mol. The number of nitrogens with zero attached hydrogens (tertiary/aromatic N) is 1. The van der Waals surface area contributed by atoms with Crippen LogP contribution < -0.4 is 9.47 Å². The van der Waals surface area contributed by atoms with E-state index in [2.05, 4.69) is 18.2 Å². The van der Waals surface area contributed by atoms with Gasteiger partial charge in [0.25, 0.3) is 5.91 Å². The Hall–Kier alpha value is -2.49. The fourth-order valence-corrected chi connectivity index (χ4v) is 3.25. The largest absolute Gasteiger partial charge is 0.493 e. The summed E-state index contributed by atoms with van der Waals surface area (Å²) in [4.78, 5) is 14.7. The van der Waals surface area contributed by atoms with Crippen LogP contribution in [0.3, 0.4) is 0 Å². The van der Waals surface area contributed by atoms with Crippen molar-refractivity contribution in [1.29, 1.82) is 0 Å². The molecule has 0 aromatic heterocycles. The van der Waals surface area contributed by atoms with E-state index >= 15 is 0 Å². The minimum Gasteiger partial charge on any atom is -0.493 e. The van der Waals surface area contributed by atoms with Crippen LogP contribution in [0.15, 0.2) is 42.5 Å². The minimum atomic E-state index is -0.00680. The molecule has 23 heavy (non-hydrogen) atoms. The van der Waals surface area contributed by atoms with Crippen LogP contribution in [-0.4, -0.2) is 32.1 Å². The van der Waals surface area contributed by atoms with E-state index in [1.165, 1.54) is 11.1 Å². The molecular weight excluding hydrogens is 290 g/mol. The molecule has 120 valence electrons. The van der Waals surface area contributed by atoms with E-state index in [9.17, 15) is 4.79 Å². The lowest BCUT2D eigenvalue weighted by molar-refractivity contribution is 0.0730. The Morgan fingerprint density at radius 1 is 1.09 bits per heavy atom. The van der Waals surface area contributed by atoms with E-state index in [-0.39, 0.29) is 11.9 Å². The van der Waals surface area contributed by atoms with E-state index < -0.39 is 0 Å². The average Bonchev–Trinajstić information content (AvgIpc) is 3.03. The Morgan fingerprint density at radius 3 is 2.57 bits per heavy atom. The number of hydrogen-bond acceptors (Lipinski definition) is 3. The van der Waals surface area contributed by atoms with Gasteiger partial charge in [-0.3, -0.25) is 4.79 Å². The topological polar surface area (TPSA) is 38.8 Å². The molecule has 2 aromatic rings. The summed E-state index contributed by atoms with van der Waals surface area (Å²) in [5.41, 5.74) is 3.20. The molecule has 4 nitrogen and oxygen atoms in total. The first-order valence-electron chi connectivity index (χ1n) is 7.72. The first-order valence-corrected chi connectivity index (χ1v) is 7.72. The van der Waals surface area contributed by atoms with Crippen molar-refractivity contribution >= 4 is 5.91 Å². The van der Waals surface area contributed by atoms with Crippen molar-refractivity contribution in [3.8, 4) is 11.5 Å². The van der Waals surface area contributed by atoms with Crippen LogP contribution in [0, 0.1) is 0 Å². The van der Waals surface area contributed by atoms with Crippen molar-refractivity contribution in [2.45, 2.75) is 18.9 Å². The third-order valence-corrected chi connectivity index (χ3v) is 4.52. The van der Waals surface area contributed by atoms with Gasteiger partial charge in [0.05, 0.1) is 20.3 Å². The molecule has 1 atom stereocenters. The molecule has 3 rings (SSSR count). The number of carbonyl (C=O) groups excluding carboxylic acids is 1. The van der Waals surface area contributed by atoms with Crippen LogP contribution in [0.2, 0.25) is 0 Å². The molecular formula is C19H21NO3. The van der Waals surface area contributed by atoms with Crippen LogP contribution in [-0.2, 0) is 6.42 Å². The minimum absolute atomic E-state index is 0.00680. The van der Waals surface area contributed by atoms with Gasteiger partial charge in [0.2, 0.25) is 0 Å². The van der Waals surface area contributed by atoms with Crippen molar-refractivity contribution in [2.24, 2.45) is 0 Å². The standard InChI is InChI=1S/C19H21NO3/c1-20(16-10-8-13-6-4-5-7-15(13)16)19(21)14-9-11-17(22-2)18(12-14)23-3/h4-7,9,11-12,16H,8,10H2,1-3H3/t16-/m1/s1. The summed E-state index contributed by atoms with van der Waals surface area (Å²) >= 11 is 0. The molecule has 0 fully saturated rings. The van der Waals surface area contributed by atoms with Crippen molar-refractivity contribution in [2.75, 3.05) is 21.3 Å². The lowest BCUT2D eigenvalue weighted by Gasteiger charge is -2.26. The van der Waals surface area contributed by atoms with E-state index in [4.69, 9.17) is 9.47 Å². The summed E-state index contributed by atoms with van der Waals surface area (Å²) in [6.45, 7) is 0. The summed E-state index contributed by atoms with van der Waals surface area (Å²) in [5.74, 6) is 1.18. The molecule has 1 aliphatic carbocycles. The molecule has 0 saturated carbocycles. The maximum Gasteiger partial charge on any atom is 0.254 e. The first-order chi connectivity index (χ1) is 11.2. The molecule has 0 heterocycles. The Bertz CT molecular complexity index is 726.